The average molecular weight is 306 g/mol. The fourth-order valence-corrected chi connectivity index (χ4v) is 2.64. The second-order valence-electron chi connectivity index (χ2n) is 5.49. The van der Waals surface area contributed by atoms with E-state index >= 15 is 0 Å². The molecule has 3 rings (SSSR count). The van der Waals surface area contributed by atoms with Crippen LogP contribution in [0, 0.1) is 6.92 Å². The van der Waals surface area contributed by atoms with Crippen molar-refractivity contribution in [2.24, 2.45) is 0 Å². The minimum Gasteiger partial charge on any atom is -0.496 e. The van der Waals surface area contributed by atoms with Crippen LogP contribution in [-0.2, 0) is 13.1 Å². The Bertz CT molecular complexity index is 634. The highest BCUT2D eigenvalue weighted by Gasteiger charge is 2.21. The van der Waals surface area contributed by atoms with Crippen molar-refractivity contribution < 1.29 is 4.74 Å². The standard InChI is InChI=1S/C16H20ClN3O/c1-11-18-8-15(9-19-14-4-5-14)20(11)10-12-7-13(17)3-6-16(12)21-2/h3,6-8,14,19H,4-5,9-10H2,1-2H3. The molecule has 0 bridgehead atoms. The zero-order chi connectivity index (χ0) is 14.8. The Labute approximate surface area is 130 Å². The lowest BCUT2D eigenvalue weighted by Gasteiger charge is -2.14. The molecule has 0 aliphatic heterocycles. The molecule has 1 fully saturated rings. The molecule has 1 aliphatic carbocycles. The van der Waals surface area contributed by atoms with Crippen LogP contribution in [0.5, 0.6) is 5.75 Å². The van der Waals surface area contributed by atoms with Crippen LogP contribution in [0.1, 0.15) is 29.9 Å². The van der Waals surface area contributed by atoms with Crippen molar-refractivity contribution in [3.8, 4) is 5.75 Å². The largest absolute Gasteiger partial charge is 0.496 e. The van der Waals surface area contributed by atoms with Crippen molar-refractivity contribution in [3.05, 3.63) is 46.5 Å². The molecule has 1 aromatic carbocycles. The summed E-state index contributed by atoms with van der Waals surface area (Å²) in [5.41, 5.74) is 2.26. The van der Waals surface area contributed by atoms with E-state index in [9.17, 15) is 0 Å². The van der Waals surface area contributed by atoms with Gasteiger partial charge in [0.1, 0.15) is 11.6 Å². The number of aryl methyl sites for hydroxylation is 1. The highest BCUT2D eigenvalue weighted by Crippen LogP contribution is 2.25. The van der Waals surface area contributed by atoms with Crippen LogP contribution in [-0.4, -0.2) is 22.7 Å². The third-order valence-corrected chi connectivity index (χ3v) is 4.09. The van der Waals surface area contributed by atoms with Gasteiger partial charge in [-0.15, -0.1) is 0 Å². The normalized spacial score (nSPS) is 14.4. The molecule has 112 valence electrons. The summed E-state index contributed by atoms with van der Waals surface area (Å²) >= 11 is 6.11. The van der Waals surface area contributed by atoms with Crippen molar-refractivity contribution in [2.75, 3.05) is 7.11 Å². The summed E-state index contributed by atoms with van der Waals surface area (Å²) in [6, 6.07) is 6.40. The van der Waals surface area contributed by atoms with E-state index in [1.807, 2.05) is 31.3 Å². The van der Waals surface area contributed by atoms with E-state index < -0.39 is 0 Å². The summed E-state index contributed by atoms with van der Waals surface area (Å²) in [4.78, 5) is 4.44. The first-order valence-corrected chi connectivity index (χ1v) is 7.62. The van der Waals surface area contributed by atoms with Gasteiger partial charge in [0, 0.05) is 29.4 Å². The number of benzene rings is 1. The molecule has 0 spiro atoms. The Hall–Kier alpha value is -1.52. The van der Waals surface area contributed by atoms with Gasteiger partial charge < -0.3 is 14.6 Å². The number of halogens is 1. The summed E-state index contributed by atoms with van der Waals surface area (Å²) in [6.07, 6.45) is 4.52. The van der Waals surface area contributed by atoms with Crippen LogP contribution < -0.4 is 10.1 Å². The van der Waals surface area contributed by atoms with Gasteiger partial charge in [0.05, 0.1) is 19.3 Å². The van der Waals surface area contributed by atoms with Gasteiger partial charge in [-0.1, -0.05) is 11.6 Å². The number of imidazole rings is 1. The van der Waals surface area contributed by atoms with Crippen molar-refractivity contribution in [3.63, 3.8) is 0 Å². The molecule has 0 unspecified atom stereocenters. The Kier molecular flexibility index (Phi) is 4.17. The van der Waals surface area contributed by atoms with Gasteiger partial charge in [-0.05, 0) is 38.0 Å². The summed E-state index contributed by atoms with van der Waals surface area (Å²) in [5.74, 6) is 1.86. The van der Waals surface area contributed by atoms with E-state index in [-0.39, 0.29) is 0 Å². The Balaban J connectivity index is 1.83. The smallest absolute Gasteiger partial charge is 0.123 e. The molecule has 4 nitrogen and oxygen atoms in total. The van der Waals surface area contributed by atoms with Crippen molar-refractivity contribution in [1.82, 2.24) is 14.9 Å². The molecule has 2 aromatic rings. The van der Waals surface area contributed by atoms with Gasteiger partial charge in [-0.2, -0.15) is 0 Å². The van der Waals surface area contributed by atoms with E-state index in [0.29, 0.717) is 6.04 Å². The second kappa shape index (κ2) is 6.08. The van der Waals surface area contributed by atoms with E-state index in [0.717, 1.165) is 35.2 Å². The first-order valence-electron chi connectivity index (χ1n) is 7.24. The number of rotatable bonds is 6. The van der Waals surface area contributed by atoms with Crippen LogP contribution in [0.15, 0.2) is 24.4 Å². The Morgan fingerprint density at radius 1 is 1.43 bits per heavy atom. The molecule has 0 atom stereocenters. The van der Waals surface area contributed by atoms with E-state index in [1.54, 1.807) is 7.11 Å². The summed E-state index contributed by atoms with van der Waals surface area (Å²) in [7, 11) is 1.68. The zero-order valence-corrected chi connectivity index (χ0v) is 13.2. The van der Waals surface area contributed by atoms with Crippen molar-refractivity contribution in [1.29, 1.82) is 0 Å². The second-order valence-corrected chi connectivity index (χ2v) is 5.93. The van der Waals surface area contributed by atoms with Crippen LogP contribution in [0.3, 0.4) is 0 Å². The van der Waals surface area contributed by atoms with Crippen LogP contribution in [0.25, 0.3) is 0 Å². The van der Waals surface area contributed by atoms with Crippen LogP contribution >= 0.6 is 11.6 Å². The first kappa shape index (κ1) is 14.4. The van der Waals surface area contributed by atoms with Crippen molar-refractivity contribution in [2.45, 2.75) is 38.9 Å². The van der Waals surface area contributed by atoms with Crippen LogP contribution in [0.2, 0.25) is 5.02 Å². The number of methoxy groups -OCH3 is 1. The summed E-state index contributed by atoms with van der Waals surface area (Å²) in [6.45, 7) is 3.60. The van der Waals surface area contributed by atoms with Gasteiger partial charge in [0.2, 0.25) is 0 Å². The molecule has 1 saturated carbocycles. The summed E-state index contributed by atoms with van der Waals surface area (Å²) < 4.78 is 7.64. The molecule has 0 saturated heterocycles. The Morgan fingerprint density at radius 2 is 2.24 bits per heavy atom. The lowest BCUT2D eigenvalue weighted by molar-refractivity contribution is 0.408. The van der Waals surface area contributed by atoms with E-state index in [2.05, 4.69) is 14.9 Å². The predicted molar refractivity (Wildman–Crippen MR) is 83.9 cm³/mol. The highest BCUT2D eigenvalue weighted by molar-refractivity contribution is 6.30. The quantitative estimate of drug-likeness (QED) is 0.891. The van der Waals surface area contributed by atoms with Gasteiger partial charge in [0.15, 0.2) is 0 Å². The molecule has 1 aromatic heterocycles. The number of hydrogen-bond donors (Lipinski definition) is 1. The Morgan fingerprint density at radius 3 is 2.95 bits per heavy atom. The van der Waals surface area contributed by atoms with Crippen molar-refractivity contribution >= 4 is 11.6 Å². The molecule has 5 heteroatoms. The molecule has 21 heavy (non-hydrogen) atoms. The third-order valence-electron chi connectivity index (χ3n) is 3.86. The minimum absolute atomic E-state index is 0.689. The molecule has 1 N–H and O–H groups in total. The van der Waals surface area contributed by atoms with Gasteiger partial charge in [-0.25, -0.2) is 4.98 Å². The zero-order valence-electron chi connectivity index (χ0n) is 12.4. The van der Waals surface area contributed by atoms with Gasteiger partial charge in [-0.3, -0.25) is 0 Å². The highest BCUT2D eigenvalue weighted by atomic mass is 35.5. The number of nitrogens with one attached hydrogen (secondary N) is 1. The van der Waals surface area contributed by atoms with E-state index in [1.165, 1.54) is 18.5 Å². The molecule has 0 radical (unpaired) electrons. The number of ether oxygens (including phenoxy) is 1. The molecule has 0 amide bonds. The number of aromatic nitrogens is 2. The number of hydrogen-bond acceptors (Lipinski definition) is 3. The minimum atomic E-state index is 0.689. The fraction of sp³-hybridized carbons (Fsp3) is 0.438. The molecular weight excluding hydrogens is 286 g/mol. The predicted octanol–water partition coefficient (Wildman–Crippen LogP) is 3.15. The first-order chi connectivity index (χ1) is 10.2. The lowest BCUT2D eigenvalue weighted by Crippen LogP contribution is -2.19. The average Bonchev–Trinajstić information content (AvgIpc) is 3.24. The monoisotopic (exact) mass is 305 g/mol. The maximum Gasteiger partial charge on any atom is 0.123 e. The third kappa shape index (κ3) is 3.39. The van der Waals surface area contributed by atoms with E-state index in [4.69, 9.17) is 16.3 Å². The maximum atomic E-state index is 6.11. The SMILES string of the molecule is COc1ccc(Cl)cc1Cn1c(CNC2CC2)cnc1C. The van der Waals surface area contributed by atoms with Crippen LogP contribution in [0.4, 0.5) is 0 Å². The topological polar surface area (TPSA) is 39.1 Å². The van der Waals surface area contributed by atoms with Gasteiger partial charge >= 0.3 is 0 Å². The maximum absolute atomic E-state index is 6.11. The summed E-state index contributed by atoms with van der Waals surface area (Å²) in [5, 5.41) is 4.26. The molecule has 1 heterocycles. The van der Waals surface area contributed by atoms with Gasteiger partial charge in [0.25, 0.3) is 0 Å². The fourth-order valence-electron chi connectivity index (χ4n) is 2.45. The molecular formula is C16H20ClN3O. The molecule has 1 aliphatic rings. The lowest BCUT2D eigenvalue weighted by atomic mass is 10.2. The number of nitrogens with zero attached hydrogens (tertiary/aromatic N) is 2.